The van der Waals surface area contributed by atoms with Gasteiger partial charge < -0.3 is 20.1 Å². The third kappa shape index (κ3) is 9.43. The molecular formula is C21H37IN4O2. The average Bonchev–Trinajstić information content (AvgIpc) is 2.67. The van der Waals surface area contributed by atoms with Gasteiger partial charge in [-0.1, -0.05) is 26.0 Å². The number of morpholine rings is 1. The molecule has 7 heteroatoms. The summed E-state index contributed by atoms with van der Waals surface area (Å²) < 4.78 is 11.3. The van der Waals surface area contributed by atoms with Crippen molar-refractivity contribution in [2.45, 2.75) is 40.3 Å². The predicted octanol–water partition coefficient (Wildman–Crippen LogP) is 3.12. The lowest BCUT2D eigenvalue weighted by Crippen LogP contribution is -2.44. The number of rotatable bonds is 9. The zero-order valence-corrected chi connectivity index (χ0v) is 20.1. The summed E-state index contributed by atoms with van der Waals surface area (Å²) in [6, 6.07) is 8.59. The normalized spacial score (nSPS) is 16.4. The molecule has 1 fully saturated rings. The van der Waals surface area contributed by atoms with Gasteiger partial charge in [0.25, 0.3) is 0 Å². The number of nitrogens with one attached hydrogen (secondary N) is 2. The maximum absolute atomic E-state index is 5.94. The smallest absolute Gasteiger partial charge is 0.191 e. The number of benzene rings is 1. The molecule has 0 saturated carbocycles. The van der Waals surface area contributed by atoms with Crippen LogP contribution in [0.4, 0.5) is 0 Å². The third-order valence-electron chi connectivity index (χ3n) is 4.81. The highest BCUT2D eigenvalue weighted by molar-refractivity contribution is 14.0. The molecule has 6 nitrogen and oxygen atoms in total. The van der Waals surface area contributed by atoms with Gasteiger partial charge in [0.05, 0.1) is 19.8 Å². The monoisotopic (exact) mass is 504 g/mol. The van der Waals surface area contributed by atoms with Crippen molar-refractivity contribution in [2.24, 2.45) is 10.9 Å². The van der Waals surface area contributed by atoms with E-state index in [-0.39, 0.29) is 24.0 Å². The fourth-order valence-electron chi connectivity index (χ4n) is 2.72. The summed E-state index contributed by atoms with van der Waals surface area (Å²) in [5.74, 6) is 2.32. The van der Waals surface area contributed by atoms with Crippen LogP contribution in [-0.2, 0) is 11.3 Å². The van der Waals surface area contributed by atoms with Gasteiger partial charge in [-0.25, -0.2) is 4.99 Å². The summed E-state index contributed by atoms with van der Waals surface area (Å²) in [5.41, 5.74) is 1.15. The highest BCUT2D eigenvalue weighted by Gasteiger charge is 2.10. The minimum absolute atomic E-state index is 0. The number of hydrogen-bond donors (Lipinski definition) is 2. The molecule has 1 atom stereocenters. The Morgan fingerprint density at radius 1 is 1.25 bits per heavy atom. The van der Waals surface area contributed by atoms with Crippen LogP contribution in [0.3, 0.4) is 0 Å². The lowest BCUT2D eigenvalue weighted by atomic mass is 10.1. The Bertz CT molecular complexity index is 577. The van der Waals surface area contributed by atoms with E-state index in [2.05, 4.69) is 55.4 Å². The lowest BCUT2D eigenvalue weighted by molar-refractivity contribution is 0.0322. The van der Waals surface area contributed by atoms with Crippen molar-refractivity contribution < 1.29 is 9.47 Å². The standard InChI is InChI=1S/C21H36N4O2.HI/c1-5-22-21(24-18(4)17(2)3)23-16-19-7-6-8-20(15-19)27-14-11-25-9-12-26-13-10-25;/h6-8,15,17-18H,5,9-14,16H2,1-4H3,(H2,22,23,24);1H. The maximum Gasteiger partial charge on any atom is 0.191 e. The molecule has 0 bridgehead atoms. The van der Waals surface area contributed by atoms with Gasteiger partial charge in [0.2, 0.25) is 0 Å². The van der Waals surface area contributed by atoms with Gasteiger partial charge in [-0.05, 0) is 37.5 Å². The van der Waals surface area contributed by atoms with E-state index in [1.54, 1.807) is 0 Å². The summed E-state index contributed by atoms with van der Waals surface area (Å²) in [7, 11) is 0. The zero-order chi connectivity index (χ0) is 19.5. The third-order valence-corrected chi connectivity index (χ3v) is 4.81. The molecule has 0 amide bonds. The Morgan fingerprint density at radius 3 is 2.68 bits per heavy atom. The van der Waals surface area contributed by atoms with Gasteiger partial charge in [0.15, 0.2) is 5.96 Å². The van der Waals surface area contributed by atoms with Gasteiger partial charge in [-0.2, -0.15) is 0 Å². The minimum Gasteiger partial charge on any atom is -0.492 e. The Kier molecular flexibility index (Phi) is 12.5. The van der Waals surface area contributed by atoms with Gasteiger partial charge in [0, 0.05) is 32.2 Å². The number of aliphatic imine (C=N–C) groups is 1. The van der Waals surface area contributed by atoms with Crippen molar-refractivity contribution in [1.29, 1.82) is 0 Å². The molecule has 160 valence electrons. The predicted molar refractivity (Wildman–Crippen MR) is 127 cm³/mol. The summed E-state index contributed by atoms with van der Waals surface area (Å²) >= 11 is 0. The molecule has 1 aromatic carbocycles. The van der Waals surface area contributed by atoms with Crippen molar-refractivity contribution in [1.82, 2.24) is 15.5 Å². The van der Waals surface area contributed by atoms with Crippen molar-refractivity contribution >= 4 is 29.9 Å². The Labute approximate surface area is 187 Å². The topological polar surface area (TPSA) is 58.1 Å². The molecular weight excluding hydrogens is 467 g/mol. The van der Waals surface area contributed by atoms with E-state index in [9.17, 15) is 0 Å². The fourth-order valence-corrected chi connectivity index (χ4v) is 2.72. The Morgan fingerprint density at radius 2 is 2.00 bits per heavy atom. The maximum atomic E-state index is 5.94. The van der Waals surface area contributed by atoms with Crippen LogP contribution >= 0.6 is 24.0 Å². The average molecular weight is 504 g/mol. The van der Waals surface area contributed by atoms with Crippen molar-refractivity contribution in [3.63, 3.8) is 0 Å². The first-order valence-corrected chi connectivity index (χ1v) is 10.1. The van der Waals surface area contributed by atoms with Crippen LogP contribution in [0.25, 0.3) is 0 Å². The van der Waals surface area contributed by atoms with Crippen LogP contribution in [0.15, 0.2) is 29.3 Å². The van der Waals surface area contributed by atoms with Gasteiger partial charge in [-0.3, -0.25) is 4.90 Å². The highest BCUT2D eigenvalue weighted by atomic mass is 127. The van der Waals surface area contributed by atoms with E-state index < -0.39 is 0 Å². The molecule has 2 rings (SSSR count). The van der Waals surface area contributed by atoms with Crippen LogP contribution in [0.5, 0.6) is 5.75 Å². The molecule has 0 radical (unpaired) electrons. The van der Waals surface area contributed by atoms with Crippen molar-refractivity contribution in [2.75, 3.05) is 46.0 Å². The van der Waals surface area contributed by atoms with Gasteiger partial charge in [0.1, 0.15) is 12.4 Å². The van der Waals surface area contributed by atoms with Gasteiger partial charge >= 0.3 is 0 Å². The van der Waals surface area contributed by atoms with Crippen LogP contribution in [0.2, 0.25) is 0 Å². The number of halogens is 1. The number of guanidine groups is 1. The van der Waals surface area contributed by atoms with Gasteiger partial charge in [-0.15, -0.1) is 24.0 Å². The first-order valence-electron chi connectivity index (χ1n) is 10.1. The first kappa shape index (κ1) is 25.0. The fraction of sp³-hybridized carbons (Fsp3) is 0.667. The number of nitrogens with zero attached hydrogens (tertiary/aromatic N) is 2. The van der Waals surface area contributed by atoms with E-state index in [1.165, 1.54) is 0 Å². The molecule has 0 spiro atoms. The minimum atomic E-state index is 0. The second-order valence-electron chi connectivity index (χ2n) is 7.32. The Hall–Kier alpha value is -1.06. The molecule has 0 aromatic heterocycles. The van der Waals surface area contributed by atoms with Crippen LogP contribution in [0.1, 0.15) is 33.3 Å². The molecule has 1 aromatic rings. The van der Waals surface area contributed by atoms with E-state index in [0.717, 1.165) is 56.7 Å². The highest BCUT2D eigenvalue weighted by Crippen LogP contribution is 2.14. The number of ether oxygens (including phenoxy) is 2. The van der Waals surface area contributed by atoms with Crippen LogP contribution in [-0.4, -0.2) is 62.9 Å². The molecule has 1 heterocycles. The molecule has 28 heavy (non-hydrogen) atoms. The number of hydrogen-bond acceptors (Lipinski definition) is 4. The molecule has 1 aliphatic rings. The summed E-state index contributed by atoms with van der Waals surface area (Å²) in [6.45, 7) is 15.4. The zero-order valence-electron chi connectivity index (χ0n) is 17.7. The van der Waals surface area contributed by atoms with Crippen LogP contribution in [0, 0.1) is 5.92 Å². The summed E-state index contributed by atoms with van der Waals surface area (Å²) in [5, 5.41) is 6.78. The van der Waals surface area contributed by atoms with E-state index in [4.69, 9.17) is 14.5 Å². The van der Waals surface area contributed by atoms with E-state index >= 15 is 0 Å². The SMILES string of the molecule is CCNC(=NCc1cccc(OCCN2CCOCC2)c1)NC(C)C(C)C.I. The second-order valence-corrected chi connectivity index (χ2v) is 7.32. The Balaban J connectivity index is 0.00000392. The van der Waals surface area contributed by atoms with E-state index in [1.807, 2.05) is 12.1 Å². The largest absolute Gasteiger partial charge is 0.492 e. The molecule has 2 N–H and O–H groups in total. The molecule has 1 saturated heterocycles. The molecule has 1 unspecified atom stereocenters. The second kappa shape index (κ2) is 14.0. The first-order chi connectivity index (χ1) is 13.1. The van der Waals surface area contributed by atoms with Crippen LogP contribution < -0.4 is 15.4 Å². The quantitative estimate of drug-likeness (QED) is 0.308. The van der Waals surface area contributed by atoms with E-state index in [0.29, 0.717) is 25.1 Å². The lowest BCUT2D eigenvalue weighted by Gasteiger charge is -2.26. The van der Waals surface area contributed by atoms with Crippen molar-refractivity contribution in [3.05, 3.63) is 29.8 Å². The summed E-state index contributed by atoms with van der Waals surface area (Å²) in [4.78, 5) is 7.09. The summed E-state index contributed by atoms with van der Waals surface area (Å²) in [6.07, 6.45) is 0. The van der Waals surface area contributed by atoms with Crippen molar-refractivity contribution in [3.8, 4) is 5.75 Å². The molecule has 0 aliphatic carbocycles. The molecule has 1 aliphatic heterocycles.